The van der Waals surface area contributed by atoms with E-state index in [2.05, 4.69) is 21.2 Å². The van der Waals surface area contributed by atoms with E-state index in [1.54, 1.807) is 17.8 Å². The zero-order valence-electron chi connectivity index (χ0n) is 10.5. The molecule has 0 fully saturated rings. The monoisotopic (exact) mass is 370 g/mol. The number of carbonyl (C=O) groups excluding carboxylic acids is 1. The van der Waals surface area contributed by atoms with Crippen molar-refractivity contribution in [2.24, 2.45) is 5.73 Å². The lowest BCUT2D eigenvalue weighted by Crippen LogP contribution is -2.40. The average molecular weight is 372 g/mol. The third-order valence-corrected chi connectivity index (χ3v) is 3.82. The summed E-state index contributed by atoms with van der Waals surface area (Å²) in [5.74, 6) is 0.364. The highest BCUT2D eigenvalue weighted by Gasteiger charge is 2.12. The molecule has 19 heavy (non-hydrogen) atoms. The predicted molar refractivity (Wildman–Crippen MR) is 84.2 cm³/mol. The van der Waals surface area contributed by atoms with Crippen molar-refractivity contribution >= 4 is 46.0 Å². The normalized spacial score (nSPS) is 11.6. The Balaban J connectivity index is 0.00000324. The standard InChI is InChI=1S/C12H16BrFN2OS.ClH/c1-18-5-4-11(15)12(17)16-7-8-2-3-9(14)6-10(8)13;/h2-3,6,11H,4-5,7,15H2,1H3,(H,16,17);1H/t11-;/m0./s1. The van der Waals surface area contributed by atoms with Crippen LogP contribution >= 0.6 is 40.1 Å². The lowest BCUT2D eigenvalue weighted by molar-refractivity contribution is -0.122. The Bertz CT molecular complexity index is 423. The SMILES string of the molecule is CSCC[C@H](N)C(=O)NCc1ccc(F)cc1Br.Cl. The molecule has 1 atom stereocenters. The molecule has 0 aliphatic rings. The average Bonchev–Trinajstić information content (AvgIpc) is 2.34. The molecule has 0 aliphatic carbocycles. The summed E-state index contributed by atoms with van der Waals surface area (Å²) >= 11 is 4.91. The van der Waals surface area contributed by atoms with E-state index >= 15 is 0 Å². The Morgan fingerprint density at radius 1 is 1.58 bits per heavy atom. The lowest BCUT2D eigenvalue weighted by Gasteiger charge is -2.12. The highest BCUT2D eigenvalue weighted by atomic mass is 79.9. The summed E-state index contributed by atoms with van der Waals surface area (Å²) in [6, 6.07) is 3.87. The van der Waals surface area contributed by atoms with Gasteiger partial charge in [-0.3, -0.25) is 4.79 Å². The van der Waals surface area contributed by atoms with E-state index in [9.17, 15) is 9.18 Å². The zero-order valence-corrected chi connectivity index (χ0v) is 13.7. The maximum absolute atomic E-state index is 12.9. The second-order valence-corrected chi connectivity index (χ2v) is 5.68. The van der Waals surface area contributed by atoms with Crippen molar-refractivity contribution in [3.8, 4) is 0 Å². The van der Waals surface area contributed by atoms with Gasteiger partial charge in [0.2, 0.25) is 5.91 Å². The minimum absolute atomic E-state index is 0. The van der Waals surface area contributed by atoms with Gasteiger partial charge in [-0.25, -0.2) is 4.39 Å². The van der Waals surface area contributed by atoms with Crippen molar-refractivity contribution in [3.05, 3.63) is 34.1 Å². The summed E-state index contributed by atoms with van der Waals surface area (Å²) in [4.78, 5) is 11.7. The van der Waals surface area contributed by atoms with E-state index in [-0.39, 0.29) is 24.1 Å². The Morgan fingerprint density at radius 3 is 2.84 bits per heavy atom. The summed E-state index contributed by atoms with van der Waals surface area (Å²) in [5, 5.41) is 2.74. The summed E-state index contributed by atoms with van der Waals surface area (Å²) in [6.07, 6.45) is 2.62. The predicted octanol–water partition coefficient (Wildman–Crippen LogP) is 2.71. The van der Waals surface area contributed by atoms with Gasteiger partial charge in [-0.05, 0) is 36.1 Å². The fraction of sp³-hybridized carbons (Fsp3) is 0.417. The number of amides is 1. The highest BCUT2D eigenvalue weighted by molar-refractivity contribution is 9.10. The van der Waals surface area contributed by atoms with Gasteiger partial charge in [-0.2, -0.15) is 11.8 Å². The van der Waals surface area contributed by atoms with Crippen LogP contribution in [0.15, 0.2) is 22.7 Å². The van der Waals surface area contributed by atoms with Crippen LogP contribution in [-0.4, -0.2) is 24.0 Å². The van der Waals surface area contributed by atoms with Crippen molar-refractivity contribution in [1.29, 1.82) is 0 Å². The Kier molecular flexibility index (Phi) is 9.43. The largest absolute Gasteiger partial charge is 0.351 e. The number of nitrogens with one attached hydrogen (secondary N) is 1. The quantitative estimate of drug-likeness (QED) is 0.808. The Morgan fingerprint density at radius 2 is 2.26 bits per heavy atom. The molecule has 3 N–H and O–H groups in total. The minimum atomic E-state index is -0.489. The first-order chi connectivity index (χ1) is 8.54. The smallest absolute Gasteiger partial charge is 0.237 e. The molecule has 7 heteroatoms. The molecule has 108 valence electrons. The van der Waals surface area contributed by atoms with Crippen molar-refractivity contribution in [1.82, 2.24) is 5.32 Å². The van der Waals surface area contributed by atoms with E-state index < -0.39 is 6.04 Å². The number of hydrogen-bond acceptors (Lipinski definition) is 3. The molecule has 1 amide bonds. The molecule has 1 rings (SSSR count). The van der Waals surface area contributed by atoms with Crippen LogP contribution < -0.4 is 11.1 Å². The highest BCUT2D eigenvalue weighted by Crippen LogP contribution is 2.17. The van der Waals surface area contributed by atoms with E-state index in [0.717, 1.165) is 11.3 Å². The van der Waals surface area contributed by atoms with Crippen LogP contribution in [0.2, 0.25) is 0 Å². The van der Waals surface area contributed by atoms with Crippen molar-refractivity contribution in [3.63, 3.8) is 0 Å². The van der Waals surface area contributed by atoms with Crippen molar-refractivity contribution in [2.75, 3.05) is 12.0 Å². The van der Waals surface area contributed by atoms with Crippen molar-refractivity contribution < 1.29 is 9.18 Å². The molecule has 0 saturated carbocycles. The molecular formula is C12H17BrClFN2OS. The maximum Gasteiger partial charge on any atom is 0.237 e. The molecule has 1 aromatic carbocycles. The second-order valence-electron chi connectivity index (χ2n) is 3.84. The fourth-order valence-electron chi connectivity index (χ4n) is 1.35. The number of carbonyl (C=O) groups is 1. The summed E-state index contributed by atoms with van der Waals surface area (Å²) in [6.45, 7) is 0.340. The van der Waals surface area contributed by atoms with E-state index in [0.29, 0.717) is 17.4 Å². The van der Waals surface area contributed by atoms with Gasteiger partial charge < -0.3 is 11.1 Å². The number of nitrogens with two attached hydrogens (primary N) is 1. The van der Waals surface area contributed by atoms with Crippen LogP contribution in [0.3, 0.4) is 0 Å². The van der Waals surface area contributed by atoms with Crippen molar-refractivity contribution in [2.45, 2.75) is 19.0 Å². The molecule has 0 aromatic heterocycles. The fourth-order valence-corrected chi connectivity index (χ4v) is 2.34. The number of halogens is 3. The zero-order chi connectivity index (χ0) is 13.5. The van der Waals surface area contributed by atoms with Crippen LogP contribution in [0.4, 0.5) is 4.39 Å². The summed E-state index contributed by atoms with van der Waals surface area (Å²) in [7, 11) is 0. The molecule has 3 nitrogen and oxygen atoms in total. The third kappa shape index (κ3) is 6.61. The van der Waals surface area contributed by atoms with Gasteiger partial charge in [-0.15, -0.1) is 12.4 Å². The molecule has 0 radical (unpaired) electrons. The van der Waals surface area contributed by atoms with E-state index in [4.69, 9.17) is 5.73 Å². The second kappa shape index (κ2) is 9.58. The van der Waals surface area contributed by atoms with Crippen LogP contribution in [0, 0.1) is 5.82 Å². The van der Waals surface area contributed by atoms with Gasteiger partial charge in [0.1, 0.15) is 5.82 Å². The number of hydrogen-bond donors (Lipinski definition) is 2. The first kappa shape index (κ1) is 18.7. The Labute approximate surface area is 131 Å². The van der Waals surface area contributed by atoms with Gasteiger partial charge in [0.05, 0.1) is 6.04 Å². The molecule has 0 heterocycles. The molecule has 0 aliphatic heterocycles. The van der Waals surface area contributed by atoms with Gasteiger partial charge in [0.15, 0.2) is 0 Å². The topological polar surface area (TPSA) is 55.1 Å². The molecular weight excluding hydrogens is 355 g/mol. The van der Waals surface area contributed by atoms with Crippen LogP contribution in [-0.2, 0) is 11.3 Å². The van der Waals surface area contributed by atoms with Gasteiger partial charge in [-0.1, -0.05) is 22.0 Å². The van der Waals surface area contributed by atoms with Crippen LogP contribution in [0.5, 0.6) is 0 Å². The van der Waals surface area contributed by atoms with Crippen LogP contribution in [0.25, 0.3) is 0 Å². The first-order valence-electron chi connectivity index (χ1n) is 5.50. The van der Waals surface area contributed by atoms with E-state index in [1.807, 2.05) is 6.26 Å². The number of thioether (sulfide) groups is 1. The number of rotatable bonds is 6. The first-order valence-corrected chi connectivity index (χ1v) is 7.69. The molecule has 1 aromatic rings. The third-order valence-electron chi connectivity index (χ3n) is 2.44. The summed E-state index contributed by atoms with van der Waals surface area (Å²) in [5.41, 5.74) is 6.55. The lowest BCUT2D eigenvalue weighted by atomic mass is 10.2. The maximum atomic E-state index is 12.9. The molecule has 0 unspecified atom stereocenters. The van der Waals surface area contributed by atoms with Crippen LogP contribution in [0.1, 0.15) is 12.0 Å². The van der Waals surface area contributed by atoms with E-state index in [1.165, 1.54) is 12.1 Å². The molecule has 0 spiro atoms. The Hall–Kier alpha value is -0.300. The van der Waals surface area contributed by atoms with Gasteiger partial charge in [0.25, 0.3) is 0 Å². The van der Waals surface area contributed by atoms with Gasteiger partial charge >= 0.3 is 0 Å². The molecule has 0 saturated heterocycles. The minimum Gasteiger partial charge on any atom is -0.351 e. The number of benzene rings is 1. The molecule has 0 bridgehead atoms. The van der Waals surface area contributed by atoms with Gasteiger partial charge in [0, 0.05) is 11.0 Å². The summed E-state index contributed by atoms with van der Waals surface area (Å²) < 4.78 is 13.5.